The summed E-state index contributed by atoms with van der Waals surface area (Å²) in [7, 11) is -3.05. The number of aryl methyl sites for hydroxylation is 2. The largest absolute Gasteiger partial charge is 0.315 e. The number of nitrogens with zero attached hydrogens (tertiary/aromatic N) is 2. The molecule has 0 radical (unpaired) electrons. The van der Waals surface area contributed by atoms with Crippen LogP contribution in [0.2, 0.25) is 0 Å². The minimum atomic E-state index is -3.05. The van der Waals surface area contributed by atoms with Gasteiger partial charge in [0.25, 0.3) is 5.91 Å². The quantitative estimate of drug-likeness (QED) is 0.806. The van der Waals surface area contributed by atoms with Gasteiger partial charge in [-0.2, -0.15) is 4.99 Å². The Balaban J connectivity index is 2.07. The van der Waals surface area contributed by atoms with E-state index in [9.17, 15) is 13.2 Å². The monoisotopic (exact) mass is 380 g/mol. The van der Waals surface area contributed by atoms with Crippen molar-refractivity contribution < 1.29 is 13.2 Å². The fourth-order valence-corrected chi connectivity index (χ4v) is 7.30. The van der Waals surface area contributed by atoms with Crippen LogP contribution in [0.5, 0.6) is 0 Å². The first-order valence-corrected chi connectivity index (χ1v) is 11.3. The lowest BCUT2D eigenvalue weighted by Gasteiger charge is -2.28. The van der Waals surface area contributed by atoms with E-state index in [1.807, 2.05) is 50.8 Å². The van der Waals surface area contributed by atoms with Crippen molar-refractivity contribution in [3.63, 3.8) is 0 Å². The van der Waals surface area contributed by atoms with Crippen LogP contribution in [0, 0.1) is 19.8 Å². The molecule has 1 aromatic carbocycles. The number of fused-ring (bicyclic) bond motifs is 1. The number of anilines is 1. The average Bonchev–Trinajstić information content (AvgIpc) is 2.98. The average molecular weight is 381 g/mol. The minimum absolute atomic E-state index is 0.0625. The van der Waals surface area contributed by atoms with Crippen LogP contribution in [-0.4, -0.2) is 42.3 Å². The Morgan fingerprint density at radius 1 is 1.32 bits per heavy atom. The van der Waals surface area contributed by atoms with Crippen molar-refractivity contribution in [2.75, 3.05) is 16.4 Å². The van der Waals surface area contributed by atoms with Gasteiger partial charge in [-0.15, -0.1) is 0 Å². The molecule has 0 aromatic heterocycles. The van der Waals surface area contributed by atoms with E-state index in [4.69, 9.17) is 0 Å². The van der Waals surface area contributed by atoms with Gasteiger partial charge in [-0.1, -0.05) is 43.8 Å². The van der Waals surface area contributed by atoms with E-state index in [1.54, 1.807) is 0 Å². The summed E-state index contributed by atoms with van der Waals surface area (Å²) in [6.07, 6.45) is 0.741. The fraction of sp³-hybridized carbons (Fsp3) is 0.556. The lowest BCUT2D eigenvalue weighted by Crippen LogP contribution is -2.38. The number of aliphatic imine (C=N–C) groups is 1. The maximum absolute atomic E-state index is 12.4. The second-order valence-electron chi connectivity index (χ2n) is 6.95. The second-order valence-corrected chi connectivity index (χ2v) is 10.3. The normalized spacial score (nSPS) is 27.5. The first kappa shape index (κ1) is 18.5. The molecule has 2 aliphatic rings. The summed E-state index contributed by atoms with van der Waals surface area (Å²) in [5.74, 6) is 0.0103. The maximum Gasteiger partial charge on any atom is 0.250 e. The van der Waals surface area contributed by atoms with Crippen molar-refractivity contribution in [2.45, 2.75) is 45.4 Å². The van der Waals surface area contributed by atoms with E-state index in [0.717, 1.165) is 23.2 Å². The summed E-state index contributed by atoms with van der Waals surface area (Å²) in [4.78, 5) is 18.8. The molecule has 2 heterocycles. The summed E-state index contributed by atoms with van der Waals surface area (Å²) in [6, 6.07) is 5.86. The first-order valence-electron chi connectivity index (χ1n) is 8.58. The highest BCUT2D eigenvalue weighted by atomic mass is 32.2. The number of carbonyl (C=O) groups is 1. The molecule has 2 aliphatic heterocycles. The van der Waals surface area contributed by atoms with Gasteiger partial charge in [0.1, 0.15) is 0 Å². The van der Waals surface area contributed by atoms with Crippen molar-refractivity contribution >= 4 is 38.4 Å². The molecule has 1 aromatic rings. The van der Waals surface area contributed by atoms with E-state index in [1.165, 1.54) is 11.8 Å². The van der Waals surface area contributed by atoms with Gasteiger partial charge in [-0.3, -0.25) is 4.79 Å². The van der Waals surface area contributed by atoms with Gasteiger partial charge in [0.15, 0.2) is 15.0 Å². The van der Waals surface area contributed by atoms with Gasteiger partial charge in [-0.25, -0.2) is 8.42 Å². The maximum atomic E-state index is 12.4. The van der Waals surface area contributed by atoms with Gasteiger partial charge in [0.05, 0.1) is 17.5 Å². The zero-order chi connectivity index (χ0) is 18.4. The Kier molecular flexibility index (Phi) is 4.99. The molecule has 25 heavy (non-hydrogen) atoms. The SMILES string of the molecule is CCC(C)C(=O)N=C1SC2CS(=O)(=O)CC2N1c1c(C)cccc1C. The highest BCUT2D eigenvalue weighted by molar-refractivity contribution is 8.16. The van der Waals surface area contributed by atoms with Gasteiger partial charge in [0.2, 0.25) is 0 Å². The van der Waals surface area contributed by atoms with Crippen LogP contribution in [0.15, 0.2) is 23.2 Å². The Hall–Kier alpha value is -1.34. The molecule has 2 saturated heterocycles. The summed E-state index contributed by atoms with van der Waals surface area (Å²) >= 11 is 1.44. The Morgan fingerprint density at radius 2 is 1.96 bits per heavy atom. The molecule has 0 N–H and O–H groups in total. The van der Waals surface area contributed by atoms with E-state index in [-0.39, 0.29) is 34.6 Å². The minimum Gasteiger partial charge on any atom is -0.315 e. The summed E-state index contributed by atoms with van der Waals surface area (Å²) in [6.45, 7) is 7.87. The number of hydrogen-bond acceptors (Lipinski definition) is 4. The van der Waals surface area contributed by atoms with Gasteiger partial charge in [0, 0.05) is 16.9 Å². The van der Waals surface area contributed by atoms with Crippen LogP contribution < -0.4 is 4.90 Å². The van der Waals surface area contributed by atoms with Crippen LogP contribution >= 0.6 is 11.8 Å². The number of amidine groups is 1. The summed E-state index contributed by atoms with van der Waals surface area (Å²) in [5, 5.41) is 0.583. The molecule has 3 rings (SSSR count). The number of sulfone groups is 1. The first-order chi connectivity index (χ1) is 11.7. The molecule has 0 aliphatic carbocycles. The second kappa shape index (κ2) is 6.76. The number of thioether (sulfide) groups is 1. The predicted molar refractivity (Wildman–Crippen MR) is 104 cm³/mol. The van der Waals surface area contributed by atoms with Gasteiger partial charge < -0.3 is 4.90 Å². The Morgan fingerprint density at radius 3 is 2.56 bits per heavy atom. The molecule has 136 valence electrons. The van der Waals surface area contributed by atoms with E-state index in [0.29, 0.717) is 5.17 Å². The number of carbonyl (C=O) groups excluding carboxylic acids is 1. The van der Waals surface area contributed by atoms with Crippen molar-refractivity contribution in [1.29, 1.82) is 0 Å². The molecule has 7 heteroatoms. The third-order valence-electron chi connectivity index (χ3n) is 4.99. The van der Waals surface area contributed by atoms with E-state index >= 15 is 0 Å². The van der Waals surface area contributed by atoms with Crippen molar-refractivity contribution in [3.05, 3.63) is 29.3 Å². The highest BCUT2D eigenvalue weighted by Gasteiger charge is 2.50. The molecule has 0 spiro atoms. The zero-order valence-electron chi connectivity index (χ0n) is 15.0. The topological polar surface area (TPSA) is 66.8 Å². The van der Waals surface area contributed by atoms with Crippen molar-refractivity contribution in [1.82, 2.24) is 0 Å². The summed E-state index contributed by atoms with van der Waals surface area (Å²) in [5.41, 5.74) is 3.11. The number of amides is 1. The highest BCUT2D eigenvalue weighted by Crippen LogP contribution is 2.43. The van der Waals surface area contributed by atoms with Crippen LogP contribution in [0.25, 0.3) is 0 Å². The van der Waals surface area contributed by atoms with Gasteiger partial charge in [-0.05, 0) is 31.4 Å². The van der Waals surface area contributed by atoms with Crippen LogP contribution in [0.3, 0.4) is 0 Å². The molecular formula is C18H24N2O3S2. The molecule has 5 nitrogen and oxygen atoms in total. The van der Waals surface area contributed by atoms with Crippen LogP contribution in [-0.2, 0) is 14.6 Å². The smallest absolute Gasteiger partial charge is 0.250 e. The third kappa shape index (κ3) is 3.49. The lowest BCUT2D eigenvalue weighted by molar-refractivity contribution is -0.121. The van der Waals surface area contributed by atoms with E-state index < -0.39 is 9.84 Å². The van der Waals surface area contributed by atoms with E-state index in [2.05, 4.69) is 4.99 Å². The predicted octanol–water partition coefficient (Wildman–Crippen LogP) is 2.95. The fourth-order valence-electron chi connectivity index (χ4n) is 3.39. The van der Waals surface area contributed by atoms with Crippen molar-refractivity contribution in [3.8, 4) is 0 Å². The molecule has 2 fully saturated rings. The zero-order valence-corrected chi connectivity index (χ0v) is 16.7. The van der Waals surface area contributed by atoms with Crippen LogP contribution in [0.4, 0.5) is 5.69 Å². The molecule has 1 amide bonds. The summed E-state index contributed by atoms with van der Waals surface area (Å²) < 4.78 is 24.3. The van der Waals surface area contributed by atoms with Crippen LogP contribution in [0.1, 0.15) is 31.4 Å². The number of hydrogen-bond donors (Lipinski definition) is 0. The lowest BCUT2D eigenvalue weighted by atomic mass is 10.1. The third-order valence-corrected chi connectivity index (χ3v) is 8.20. The molecule has 3 atom stereocenters. The number of benzene rings is 1. The Bertz CT molecular complexity index is 812. The molecular weight excluding hydrogens is 356 g/mol. The standard InChI is InChI=1S/C18H24N2O3S2/c1-5-11(2)17(21)19-18-20(16-12(3)7-6-8-13(16)4)14-9-25(22,23)10-15(14)24-18/h6-8,11,14-15H,5,9-10H2,1-4H3. The van der Waals surface area contributed by atoms with Gasteiger partial charge >= 0.3 is 0 Å². The molecule has 3 unspecified atom stereocenters. The van der Waals surface area contributed by atoms with Crippen molar-refractivity contribution in [2.24, 2.45) is 10.9 Å². The number of para-hydroxylation sites is 1. The molecule has 0 bridgehead atoms. The Labute approximate surface area is 153 Å². The number of rotatable bonds is 3. The molecule has 0 saturated carbocycles.